The molecule has 0 aromatic carbocycles. The van der Waals surface area contributed by atoms with Crippen molar-refractivity contribution in [3.05, 3.63) is 24.2 Å². The second-order valence-electron chi connectivity index (χ2n) is 2.09. The van der Waals surface area contributed by atoms with Gasteiger partial charge in [0.2, 0.25) is 0 Å². The number of carbonyl (C=O) groups is 1. The molecule has 0 fully saturated rings. The van der Waals surface area contributed by atoms with Gasteiger partial charge in [0.15, 0.2) is 5.88 Å². The van der Waals surface area contributed by atoms with Crippen LogP contribution in [0.25, 0.3) is 0 Å². The monoisotopic (exact) mass is 168 g/mol. The van der Waals surface area contributed by atoms with Gasteiger partial charge in [0.1, 0.15) is 11.4 Å². The van der Waals surface area contributed by atoms with Crippen LogP contribution in [0.1, 0.15) is 10.4 Å². The first-order chi connectivity index (χ1) is 5.61. The molecule has 0 atom stereocenters. The highest BCUT2D eigenvalue weighted by Gasteiger charge is 2.09. The van der Waals surface area contributed by atoms with Crippen molar-refractivity contribution in [2.45, 2.75) is 0 Å². The van der Waals surface area contributed by atoms with Gasteiger partial charge in [-0.25, -0.2) is 0 Å². The third kappa shape index (κ3) is 1.54. The molecule has 1 heterocycles. The van der Waals surface area contributed by atoms with E-state index in [1.807, 2.05) is 0 Å². The summed E-state index contributed by atoms with van der Waals surface area (Å²) in [6.07, 6.45) is 1.26. The van der Waals surface area contributed by atoms with Crippen LogP contribution in [0.2, 0.25) is 0 Å². The number of aromatic nitrogens is 2. The first-order valence-electron chi connectivity index (χ1n) is 3.09. The third-order valence-electron chi connectivity index (χ3n) is 1.17. The number of nitrogens with zero attached hydrogens (tertiary/aromatic N) is 1. The Morgan fingerprint density at radius 2 is 2.50 bits per heavy atom. The van der Waals surface area contributed by atoms with E-state index in [1.165, 1.54) is 6.20 Å². The number of amides is 1. The number of anilines is 1. The van der Waals surface area contributed by atoms with E-state index in [0.29, 0.717) is 0 Å². The molecule has 1 aromatic rings. The summed E-state index contributed by atoms with van der Waals surface area (Å²) in [5, 5.41) is 17.1. The Labute approximate surface area is 68.1 Å². The molecular weight excluding hydrogens is 160 g/mol. The number of rotatable bonds is 3. The number of aliphatic hydroxyl groups is 1. The van der Waals surface area contributed by atoms with Crippen molar-refractivity contribution >= 4 is 11.7 Å². The lowest BCUT2D eigenvalue weighted by Gasteiger charge is -2.00. The molecule has 0 spiro atoms. The quantitative estimate of drug-likeness (QED) is 0.475. The van der Waals surface area contributed by atoms with E-state index < -0.39 is 5.91 Å². The highest BCUT2D eigenvalue weighted by atomic mass is 16.3. The smallest absolute Gasteiger partial charge is 0.254 e. The van der Waals surface area contributed by atoms with Crippen LogP contribution >= 0.6 is 0 Å². The van der Waals surface area contributed by atoms with Crippen LogP contribution < -0.4 is 11.1 Å². The van der Waals surface area contributed by atoms with E-state index in [-0.39, 0.29) is 17.3 Å². The summed E-state index contributed by atoms with van der Waals surface area (Å²) in [6, 6.07) is 0. The van der Waals surface area contributed by atoms with Gasteiger partial charge in [-0.15, -0.1) is 0 Å². The number of carbonyl (C=O) groups excluding carboxylic acids is 1. The van der Waals surface area contributed by atoms with Gasteiger partial charge in [-0.05, 0) is 6.58 Å². The van der Waals surface area contributed by atoms with Crippen molar-refractivity contribution in [2.24, 2.45) is 5.73 Å². The lowest BCUT2D eigenvalue weighted by Crippen LogP contribution is -2.12. The number of nitrogens with one attached hydrogen (secondary N) is 2. The largest absolute Gasteiger partial charge is 0.495 e. The molecule has 0 unspecified atom stereocenters. The van der Waals surface area contributed by atoms with Crippen molar-refractivity contribution in [1.29, 1.82) is 0 Å². The molecule has 0 saturated carbocycles. The van der Waals surface area contributed by atoms with Crippen molar-refractivity contribution in [2.75, 3.05) is 5.32 Å². The molecule has 1 aromatic heterocycles. The van der Waals surface area contributed by atoms with Gasteiger partial charge in [-0.1, -0.05) is 0 Å². The van der Waals surface area contributed by atoms with E-state index in [0.717, 1.165) is 0 Å². The summed E-state index contributed by atoms with van der Waals surface area (Å²) in [7, 11) is 0. The van der Waals surface area contributed by atoms with Crippen LogP contribution in [0.5, 0.6) is 0 Å². The van der Waals surface area contributed by atoms with Gasteiger partial charge < -0.3 is 16.2 Å². The van der Waals surface area contributed by atoms with Crippen LogP contribution in [-0.2, 0) is 0 Å². The van der Waals surface area contributed by atoms with Crippen LogP contribution in [0, 0.1) is 0 Å². The summed E-state index contributed by atoms with van der Waals surface area (Å²) >= 11 is 0. The number of primary amides is 1. The molecule has 0 saturated heterocycles. The van der Waals surface area contributed by atoms with Gasteiger partial charge in [-0.3, -0.25) is 9.89 Å². The molecular formula is C6H8N4O2. The molecule has 64 valence electrons. The Bertz CT molecular complexity index is 317. The lowest BCUT2D eigenvalue weighted by molar-refractivity contribution is 0.100. The second-order valence-corrected chi connectivity index (χ2v) is 2.09. The SMILES string of the molecule is C=C(O)Nc1[nH]ncc1C(N)=O. The average molecular weight is 168 g/mol. The zero-order valence-electron chi connectivity index (χ0n) is 6.16. The molecule has 1 rings (SSSR count). The van der Waals surface area contributed by atoms with Crippen molar-refractivity contribution in [3.63, 3.8) is 0 Å². The van der Waals surface area contributed by atoms with Crippen molar-refractivity contribution in [3.8, 4) is 0 Å². The fraction of sp³-hybridized carbons (Fsp3) is 0. The van der Waals surface area contributed by atoms with Gasteiger partial charge in [-0.2, -0.15) is 5.10 Å². The fourth-order valence-electron chi connectivity index (χ4n) is 0.713. The summed E-state index contributed by atoms with van der Waals surface area (Å²) in [5.41, 5.74) is 5.16. The number of aliphatic hydroxyl groups excluding tert-OH is 1. The molecule has 12 heavy (non-hydrogen) atoms. The Morgan fingerprint density at radius 3 is 3.00 bits per heavy atom. The average Bonchev–Trinajstić information content (AvgIpc) is 2.33. The molecule has 5 N–H and O–H groups in total. The predicted octanol–water partition coefficient (Wildman–Crippen LogP) is -0.0503. The minimum atomic E-state index is -0.632. The minimum Gasteiger partial charge on any atom is -0.495 e. The summed E-state index contributed by atoms with van der Waals surface area (Å²) in [6.45, 7) is 3.17. The molecule has 0 aliphatic carbocycles. The topological polar surface area (TPSA) is 104 Å². The zero-order chi connectivity index (χ0) is 9.14. The predicted molar refractivity (Wildman–Crippen MR) is 42.5 cm³/mol. The van der Waals surface area contributed by atoms with Gasteiger partial charge >= 0.3 is 0 Å². The van der Waals surface area contributed by atoms with E-state index in [2.05, 4.69) is 22.1 Å². The second kappa shape index (κ2) is 2.95. The number of H-pyrrole nitrogens is 1. The zero-order valence-corrected chi connectivity index (χ0v) is 6.16. The number of hydrogen-bond acceptors (Lipinski definition) is 4. The molecule has 6 heteroatoms. The van der Waals surface area contributed by atoms with Gasteiger partial charge in [0, 0.05) is 0 Å². The lowest BCUT2D eigenvalue weighted by atomic mass is 10.3. The first-order valence-corrected chi connectivity index (χ1v) is 3.09. The summed E-state index contributed by atoms with van der Waals surface area (Å²) in [5.74, 6) is -0.691. The highest BCUT2D eigenvalue weighted by Crippen LogP contribution is 2.10. The number of aromatic amines is 1. The van der Waals surface area contributed by atoms with Gasteiger partial charge in [0.25, 0.3) is 5.91 Å². The number of nitrogens with two attached hydrogens (primary N) is 1. The minimum absolute atomic E-state index is 0.171. The molecule has 0 bridgehead atoms. The third-order valence-corrected chi connectivity index (χ3v) is 1.17. The molecule has 0 radical (unpaired) electrons. The Morgan fingerprint density at radius 1 is 1.83 bits per heavy atom. The molecule has 0 aliphatic rings. The Kier molecular flexibility index (Phi) is 2.00. The Balaban J connectivity index is 2.91. The fourth-order valence-corrected chi connectivity index (χ4v) is 0.713. The number of hydrogen-bond donors (Lipinski definition) is 4. The maximum Gasteiger partial charge on any atom is 0.254 e. The molecule has 6 nitrogen and oxygen atoms in total. The standard InChI is InChI=1S/C6H8N4O2/c1-3(11)9-6-4(5(7)12)2-8-10-6/h2,11H,1H2,(H2,7,12)(H2,8,9,10). The van der Waals surface area contributed by atoms with Crippen molar-refractivity contribution < 1.29 is 9.90 Å². The van der Waals surface area contributed by atoms with E-state index >= 15 is 0 Å². The van der Waals surface area contributed by atoms with Crippen molar-refractivity contribution in [1.82, 2.24) is 10.2 Å². The maximum atomic E-state index is 10.7. The first kappa shape index (κ1) is 8.12. The molecule has 0 aliphatic heterocycles. The Hall–Kier alpha value is -1.98. The van der Waals surface area contributed by atoms with Gasteiger partial charge in [0.05, 0.1) is 6.20 Å². The van der Waals surface area contributed by atoms with E-state index in [9.17, 15) is 4.79 Å². The van der Waals surface area contributed by atoms with Crippen LogP contribution in [0.4, 0.5) is 5.82 Å². The van der Waals surface area contributed by atoms with E-state index in [4.69, 9.17) is 10.8 Å². The molecule has 1 amide bonds. The maximum absolute atomic E-state index is 10.7. The normalized spacial score (nSPS) is 9.33. The van der Waals surface area contributed by atoms with Crippen LogP contribution in [0.15, 0.2) is 18.7 Å². The highest BCUT2D eigenvalue weighted by molar-refractivity contribution is 5.97. The van der Waals surface area contributed by atoms with Crippen LogP contribution in [0.3, 0.4) is 0 Å². The summed E-state index contributed by atoms with van der Waals surface area (Å²) in [4.78, 5) is 10.7. The van der Waals surface area contributed by atoms with Crippen LogP contribution in [-0.4, -0.2) is 21.2 Å². The van der Waals surface area contributed by atoms with E-state index in [1.54, 1.807) is 0 Å². The summed E-state index contributed by atoms with van der Waals surface area (Å²) < 4.78 is 0.